The summed E-state index contributed by atoms with van der Waals surface area (Å²) in [6.07, 6.45) is 0.470. The van der Waals surface area contributed by atoms with Crippen molar-refractivity contribution in [2.45, 2.75) is 19.8 Å². The summed E-state index contributed by atoms with van der Waals surface area (Å²) in [5, 5.41) is 13.1. The molecule has 0 aliphatic heterocycles. The number of amides is 1. The maximum Gasteiger partial charge on any atom is 0.306 e. The van der Waals surface area contributed by atoms with Gasteiger partial charge in [0.25, 0.3) is 11.6 Å². The summed E-state index contributed by atoms with van der Waals surface area (Å²) in [5.74, 6) is 0.0545. The maximum atomic E-state index is 11.9. The van der Waals surface area contributed by atoms with Gasteiger partial charge in [0.15, 0.2) is 18.1 Å². The second-order valence-corrected chi connectivity index (χ2v) is 6.37. The molecule has 0 aliphatic carbocycles. The van der Waals surface area contributed by atoms with Crippen LogP contribution >= 0.6 is 11.6 Å². The van der Waals surface area contributed by atoms with E-state index in [-0.39, 0.29) is 29.4 Å². The molecule has 0 bridgehead atoms. The molecule has 9 nitrogen and oxygen atoms in total. The minimum absolute atomic E-state index is 0.00774. The average molecular weight is 437 g/mol. The summed E-state index contributed by atoms with van der Waals surface area (Å²) in [7, 11) is 0. The number of nitro benzene ring substituents is 1. The average Bonchev–Trinajstić information content (AvgIpc) is 2.72. The normalized spacial score (nSPS) is 10.2. The zero-order valence-corrected chi connectivity index (χ0v) is 17.0. The molecule has 0 unspecified atom stereocenters. The van der Waals surface area contributed by atoms with Gasteiger partial charge in [0.2, 0.25) is 0 Å². The number of ether oxygens (including phenoxy) is 3. The van der Waals surface area contributed by atoms with Gasteiger partial charge in [-0.25, -0.2) is 0 Å². The van der Waals surface area contributed by atoms with E-state index in [1.165, 1.54) is 12.1 Å². The maximum absolute atomic E-state index is 11.9. The predicted molar refractivity (Wildman–Crippen MR) is 110 cm³/mol. The first-order valence-corrected chi connectivity index (χ1v) is 9.52. The summed E-state index contributed by atoms with van der Waals surface area (Å²) < 4.78 is 16.0. The van der Waals surface area contributed by atoms with Crippen molar-refractivity contribution in [3.05, 3.63) is 57.6 Å². The van der Waals surface area contributed by atoms with Crippen molar-refractivity contribution in [3.8, 4) is 11.5 Å². The third-order valence-electron chi connectivity index (χ3n) is 3.73. The zero-order chi connectivity index (χ0) is 21.9. The summed E-state index contributed by atoms with van der Waals surface area (Å²) in [4.78, 5) is 33.8. The van der Waals surface area contributed by atoms with Crippen LogP contribution < -0.4 is 14.8 Å². The van der Waals surface area contributed by atoms with Crippen LogP contribution in [0.5, 0.6) is 11.5 Å². The molecular weight excluding hydrogens is 416 g/mol. The van der Waals surface area contributed by atoms with Crippen LogP contribution in [0.25, 0.3) is 0 Å². The van der Waals surface area contributed by atoms with Crippen molar-refractivity contribution in [1.82, 2.24) is 0 Å². The van der Waals surface area contributed by atoms with Crippen molar-refractivity contribution in [2.75, 3.05) is 25.1 Å². The lowest BCUT2D eigenvalue weighted by atomic mass is 10.3. The molecule has 2 aromatic rings. The van der Waals surface area contributed by atoms with Crippen LogP contribution in [0.3, 0.4) is 0 Å². The van der Waals surface area contributed by atoms with E-state index in [2.05, 4.69) is 5.32 Å². The van der Waals surface area contributed by atoms with E-state index in [9.17, 15) is 19.7 Å². The van der Waals surface area contributed by atoms with Crippen molar-refractivity contribution in [2.24, 2.45) is 0 Å². The molecule has 0 spiro atoms. The molecule has 0 saturated heterocycles. The number of carbonyl (C=O) groups excluding carboxylic acids is 2. The molecule has 0 radical (unpaired) electrons. The molecule has 0 aliphatic rings. The molecule has 10 heteroatoms. The fraction of sp³-hybridized carbons (Fsp3) is 0.300. The number of non-ortho nitro benzene ring substituents is 1. The molecule has 2 aromatic carbocycles. The minimum Gasteiger partial charge on any atom is -0.490 e. The highest BCUT2D eigenvalue weighted by atomic mass is 35.5. The first-order chi connectivity index (χ1) is 14.4. The van der Waals surface area contributed by atoms with E-state index in [0.717, 1.165) is 6.07 Å². The van der Waals surface area contributed by atoms with Gasteiger partial charge in [-0.05, 0) is 31.5 Å². The lowest BCUT2D eigenvalue weighted by Crippen LogP contribution is -2.21. The van der Waals surface area contributed by atoms with Crippen LogP contribution in [0, 0.1) is 10.1 Å². The summed E-state index contributed by atoms with van der Waals surface area (Å²) in [6.45, 7) is 2.17. The number of carbonyl (C=O) groups is 2. The van der Waals surface area contributed by atoms with Crippen LogP contribution in [-0.2, 0) is 14.3 Å². The number of nitrogens with one attached hydrogen (secondary N) is 1. The Morgan fingerprint density at radius 1 is 1.13 bits per heavy atom. The third kappa shape index (κ3) is 7.25. The molecule has 0 saturated carbocycles. The summed E-state index contributed by atoms with van der Waals surface area (Å²) in [6, 6.07) is 10.9. The SMILES string of the molecule is CCOc1ccccc1OCCCC(=O)OCC(=O)Nc1ccc([N+](=O)[O-])cc1Cl. The smallest absolute Gasteiger partial charge is 0.306 e. The Balaban J connectivity index is 1.69. The Bertz CT molecular complexity index is 904. The molecule has 1 amide bonds. The van der Waals surface area contributed by atoms with E-state index in [1.54, 1.807) is 12.1 Å². The van der Waals surface area contributed by atoms with Gasteiger partial charge in [-0.15, -0.1) is 0 Å². The summed E-state index contributed by atoms with van der Waals surface area (Å²) >= 11 is 5.90. The van der Waals surface area contributed by atoms with E-state index < -0.39 is 23.4 Å². The molecular formula is C20H21ClN2O7. The van der Waals surface area contributed by atoms with E-state index in [0.29, 0.717) is 24.5 Å². The second-order valence-electron chi connectivity index (χ2n) is 5.96. The standard InChI is InChI=1S/C20H21ClN2O7/c1-2-28-17-6-3-4-7-18(17)29-11-5-8-20(25)30-13-19(24)22-16-10-9-14(23(26)27)12-15(16)21/h3-4,6-7,9-10,12H,2,5,8,11,13H2,1H3,(H,22,24). The minimum atomic E-state index is -0.610. The number of hydrogen-bond donors (Lipinski definition) is 1. The fourth-order valence-corrected chi connectivity index (χ4v) is 2.59. The van der Waals surface area contributed by atoms with Crippen LogP contribution in [0.1, 0.15) is 19.8 Å². The number of benzene rings is 2. The fourth-order valence-electron chi connectivity index (χ4n) is 2.37. The number of para-hydroxylation sites is 2. The van der Waals surface area contributed by atoms with Gasteiger partial charge in [0.1, 0.15) is 0 Å². The zero-order valence-electron chi connectivity index (χ0n) is 16.3. The number of nitro groups is 1. The Labute approximate surface area is 178 Å². The van der Waals surface area contributed by atoms with Crippen molar-refractivity contribution in [1.29, 1.82) is 0 Å². The molecule has 0 aromatic heterocycles. The van der Waals surface area contributed by atoms with Gasteiger partial charge in [-0.2, -0.15) is 0 Å². The Morgan fingerprint density at radius 2 is 1.83 bits per heavy atom. The molecule has 2 rings (SSSR count). The van der Waals surface area contributed by atoms with Gasteiger partial charge in [-0.1, -0.05) is 23.7 Å². The summed E-state index contributed by atoms with van der Waals surface area (Å²) in [5.41, 5.74) is -0.0137. The van der Waals surface area contributed by atoms with E-state index in [4.69, 9.17) is 25.8 Å². The highest BCUT2D eigenvalue weighted by molar-refractivity contribution is 6.34. The van der Waals surface area contributed by atoms with Gasteiger partial charge >= 0.3 is 5.97 Å². The number of anilines is 1. The number of esters is 1. The molecule has 1 N–H and O–H groups in total. The lowest BCUT2D eigenvalue weighted by molar-refractivity contribution is -0.384. The Morgan fingerprint density at radius 3 is 2.47 bits per heavy atom. The van der Waals surface area contributed by atoms with Gasteiger partial charge in [-0.3, -0.25) is 19.7 Å². The predicted octanol–water partition coefficient (Wildman–Crippen LogP) is 3.99. The monoisotopic (exact) mass is 436 g/mol. The highest BCUT2D eigenvalue weighted by Gasteiger charge is 2.13. The van der Waals surface area contributed by atoms with Crippen molar-refractivity contribution >= 4 is 34.9 Å². The Kier molecular flexibility index (Phi) is 8.89. The quantitative estimate of drug-likeness (QED) is 0.245. The van der Waals surface area contributed by atoms with Crippen LogP contribution in [0.4, 0.5) is 11.4 Å². The van der Waals surface area contributed by atoms with Crippen LogP contribution in [0.15, 0.2) is 42.5 Å². The van der Waals surface area contributed by atoms with E-state index in [1.807, 2.05) is 19.1 Å². The number of nitrogens with zero attached hydrogens (tertiary/aromatic N) is 1. The topological polar surface area (TPSA) is 117 Å². The Hall–Kier alpha value is -3.33. The number of halogens is 1. The van der Waals surface area contributed by atoms with Crippen molar-refractivity contribution in [3.63, 3.8) is 0 Å². The molecule has 0 atom stereocenters. The highest BCUT2D eigenvalue weighted by Crippen LogP contribution is 2.27. The molecule has 160 valence electrons. The third-order valence-corrected chi connectivity index (χ3v) is 4.05. The second kappa shape index (κ2) is 11.6. The first-order valence-electron chi connectivity index (χ1n) is 9.14. The largest absolute Gasteiger partial charge is 0.490 e. The van der Waals surface area contributed by atoms with Crippen LogP contribution in [0.2, 0.25) is 5.02 Å². The number of hydrogen-bond acceptors (Lipinski definition) is 7. The lowest BCUT2D eigenvalue weighted by Gasteiger charge is -2.11. The van der Waals surface area contributed by atoms with E-state index >= 15 is 0 Å². The first kappa shape index (κ1) is 23.0. The number of rotatable bonds is 11. The van der Waals surface area contributed by atoms with Crippen molar-refractivity contribution < 1.29 is 28.7 Å². The molecule has 0 fully saturated rings. The van der Waals surface area contributed by atoms with Gasteiger partial charge < -0.3 is 19.5 Å². The van der Waals surface area contributed by atoms with Gasteiger partial charge in [0, 0.05) is 18.6 Å². The van der Waals surface area contributed by atoms with Crippen LogP contribution in [-0.4, -0.2) is 36.6 Å². The molecule has 30 heavy (non-hydrogen) atoms. The molecule has 0 heterocycles. The van der Waals surface area contributed by atoms with Gasteiger partial charge in [0.05, 0.1) is 28.8 Å².